The minimum atomic E-state index is -0.307. The zero-order valence-corrected chi connectivity index (χ0v) is 8.16. The van der Waals surface area contributed by atoms with E-state index in [0.29, 0.717) is 24.6 Å². The van der Waals surface area contributed by atoms with E-state index < -0.39 is 0 Å². The minimum absolute atomic E-state index is 0.0102. The van der Waals surface area contributed by atoms with Gasteiger partial charge < -0.3 is 16.8 Å². The van der Waals surface area contributed by atoms with Gasteiger partial charge in [-0.15, -0.1) is 0 Å². The standard InChI is InChI=1S/C8H12N6O/c1-14-4(2-9)3-11-6-5(14)7(15)13-8(10)12-6/h4H,1-3,9H2,(H3-,10,11,12,13,15)/p+1. The third-order valence-corrected chi connectivity index (χ3v) is 2.42. The Morgan fingerprint density at radius 3 is 3.07 bits per heavy atom. The molecule has 80 valence electrons. The highest BCUT2D eigenvalue weighted by atomic mass is 16.1. The van der Waals surface area contributed by atoms with E-state index in [1.54, 1.807) is 4.58 Å². The molecule has 1 aromatic heterocycles. The molecule has 0 bridgehead atoms. The maximum absolute atomic E-state index is 11.6. The number of nitrogens with zero attached hydrogens (tertiary/aromatic N) is 2. The molecule has 0 aromatic carbocycles. The first-order valence-electron chi connectivity index (χ1n) is 4.57. The van der Waals surface area contributed by atoms with Crippen molar-refractivity contribution in [2.45, 2.75) is 6.04 Å². The molecule has 0 radical (unpaired) electrons. The van der Waals surface area contributed by atoms with Gasteiger partial charge in [-0.3, -0.25) is 9.78 Å². The molecule has 2 rings (SSSR count). The van der Waals surface area contributed by atoms with Crippen LogP contribution in [0.25, 0.3) is 0 Å². The topological polar surface area (TPSA) is 113 Å². The number of hydrogen-bond donors (Lipinski definition) is 4. The number of aromatic amines is 1. The predicted octanol–water partition coefficient (Wildman–Crippen LogP) is -1.55. The molecule has 0 aliphatic carbocycles. The van der Waals surface area contributed by atoms with Gasteiger partial charge in [0.05, 0.1) is 13.1 Å². The normalized spacial score (nSPS) is 19.5. The van der Waals surface area contributed by atoms with Gasteiger partial charge in [-0.25, -0.2) is 0 Å². The molecular weight excluding hydrogens is 196 g/mol. The van der Waals surface area contributed by atoms with Crippen LogP contribution >= 0.6 is 0 Å². The van der Waals surface area contributed by atoms with Crippen molar-refractivity contribution in [2.24, 2.45) is 5.73 Å². The Morgan fingerprint density at radius 1 is 1.67 bits per heavy atom. The Kier molecular flexibility index (Phi) is 2.16. The number of nitrogens with one attached hydrogen (secondary N) is 2. The number of nitrogens with two attached hydrogens (primary N) is 2. The zero-order valence-electron chi connectivity index (χ0n) is 8.16. The molecule has 1 atom stereocenters. The van der Waals surface area contributed by atoms with Gasteiger partial charge in [0.25, 0.3) is 0 Å². The van der Waals surface area contributed by atoms with E-state index in [9.17, 15) is 4.79 Å². The fourth-order valence-corrected chi connectivity index (χ4v) is 1.59. The van der Waals surface area contributed by atoms with Crippen LogP contribution in [0, 0.1) is 0 Å². The molecule has 1 unspecified atom stereocenters. The van der Waals surface area contributed by atoms with Crippen LogP contribution in [0.1, 0.15) is 0 Å². The summed E-state index contributed by atoms with van der Waals surface area (Å²) in [6.45, 7) is 4.81. The third-order valence-electron chi connectivity index (χ3n) is 2.42. The summed E-state index contributed by atoms with van der Waals surface area (Å²) in [6, 6.07) is -0.0102. The molecule has 0 saturated heterocycles. The fraction of sp³-hybridized carbons (Fsp3) is 0.375. The second-order valence-corrected chi connectivity index (χ2v) is 3.39. The molecule has 1 aliphatic rings. The molecular formula is C8H13N6O+. The van der Waals surface area contributed by atoms with E-state index in [-0.39, 0.29) is 17.5 Å². The molecule has 7 nitrogen and oxygen atoms in total. The van der Waals surface area contributed by atoms with Crippen LogP contribution in [0.4, 0.5) is 17.5 Å². The first-order valence-corrected chi connectivity index (χ1v) is 4.57. The van der Waals surface area contributed by atoms with Crippen LogP contribution in [0.2, 0.25) is 0 Å². The van der Waals surface area contributed by atoms with E-state index >= 15 is 0 Å². The monoisotopic (exact) mass is 209 g/mol. The van der Waals surface area contributed by atoms with Gasteiger partial charge in [0, 0.05) is 0 Å². The molecule has 1 aromatic rings. The number of rotatable bonds is 1. The molecule has 1 aliphatic heterocycles. The predicted molar refractivity (Wildman–Crippen MR) is 57.6 cm³/mol. The summed E-state index contributed by atoms with van der Waals surface area (Å²) in [7, 11) is 0. The maximum atomic E-state index is 11.6. The highest BCUT2D eigenvalue weighted by molar-refractivity contribution is 5.58. The van der Waals surface area contributed by atoms with Gasteiger partial charge in [0.15, 0.2) is 6.04 Å². The van der Waals surface area contributed by atoms with Crippen molar-refractivity contribution in [3.63, 3.8) is 0 Å². The van der Waals surface area contributed by atoms with E-state index in [4.69, 9.17) is 11.5 Å². The van der Waals surface area contributed by atoms with Gasteiger partial charge in [-0.05, 0) is 0 Å². The third kappa shape index (κ3) is 1.46. The van der Waals surface area contributed by atoms with Crippen LogP contribution in [0.15, 0.2) is 4.79 Å². The molecule has 0 spiro atoms. The number of hydrogen-bond acceptors (Lipinski definition) is 5. The summed E-state index contributed by atoms with van der Waals surface area (Å²) in [4.78, 5) is 18.0. The zero-order chi connectivity index (χ0) is 11.0. The number of anilines is 2. The van der Waals surface area contributed by atoms with Crippen LogP contribution in [0.3, 0.4) is 0 Å². The van der Waals surface area contributed by atoms with Crippen LogP contribution < -0.4 is 22.3 Å². The van der Waals surface area contributed by atoms with E-state index in [1.807, 2.05) is 0 Å². The summed E-state index contributed by atoms with van der Waals surface area (Å²) in [5.74, 6) is 0.543. The van der Waals surface area contributed by atoms with Crippen molar-refractivity contribution in [1.29, 1.82) is 0 Å². The quantitative estimate of drug-likeness (QED) is 0.418. The minimum Gasteiger partial charge on any atom is -0.369 e. The summed E-state index contributed by atoms with van der Waals surface area (Å²) in [6.07, 6.45) is 0. The first-order chi connectivity index (χ1) is 7.13. The molecule has 7 heteroatoms. The van der Waals surface area contributed by atoms with Gasteiger partial charge in [-0.1, -0.05) is 0 Å². The summed E-state index contributed by atoms with van der Waals surface area (Å²) in [5, 5.41) is 3.00. The lowest BCUT2D eigenvalue weighted by molar-refractivity contribution is -0.473. The SMILES string of the molecule is C=[N+]1c2c(nc(N)[nH]c2=O)NCC1CN. The lowest BCUT2D eigenvalue weighted by Gasteiger charge is -2.20. The largest absolute Gasteiger partial charge is 0.369 e. The summed E-state index contributed by atoms with van der Waals surface area (Å²) < 4.78 is 1.58. The van der Waals surface area contributed by atoms with Crippen LogP contribution in [0.5, 0.6) is 0 Å². The Balaban J connectivity index is 2.57. The fourth-order valence-electron chi connectivity index (χ4n) is 1.59. The van der Waals surface area contributed by atoms with E-state index in [2.05, 4.69) is 22.0 Å². The molecule has 15 heavy (non-hydrogen) atoms. The van der Waals surface area contributed by atoms with E-state index in [0.717, 1.165) is 0 Å². The summed E-state index contributed by atoms with van der Waals surface area (Å²) in [5.41, 5.74) is 11.0. The van der Waals surface area contributed by atoms with Crippen molar-refractivity contribution >= 4 is 24.2 Å². The van der Waals surface area contributed by atoms with Crippen molar-refractivity contribution in [3.05, 3.63) is 10.4 Å². The summed E-state index contributed by atoms with van der Waals surface area (Å²) >= 11 is 0. The number of H-pyrrole nitrogens is 1. The van der Waals surface area contributed by atoms with Crippen LogP contribution in [-0.2, 0) is 0 Å². The second kappa shape index (κ2) is 3.35. The Hall–Kier alpha value is -1.89. The van der Waals surface area contributed by atoms with Gasteiger partial charge in [0.1, 0.15) is 6.72 Å². The second-order valence-electron chi connectivity index (χ2n) is 3.39. The average Bonchev–Trinajstić information content (AvgIpc) is 2.17. The van der Waals surface area contributed by atoms with Crippen molar-refractivity contribution in [1.82, 2.24) is 9.97 Å². The van der Waals surface area contributed by atoms with Crippen molar-refractivity contribution in [3.8, 4) is 0 Å². The molecule has 0 fully saturated rings. The molecule has 6 N–H and O–H groups in total. The lowest BCUT2D eigenvalue weighted by Crippen LogP contribution is -2.42. The number of aromatic nitrogens is 2. The Bertz CT molecular complexity index is 465. The molecule has 0 amide bonds. The number of nitrogen functional groups attached to an aromatic ring is 1. The van der Waals surface area contributed by atoms with Gasteiger partial charge in [0.2, 0.25) is 11.8 Å². The Morgan fingerprint density at radius 2 is 2.40 bits per heavy atom. The van der Waals surface area contributed by atoms with Gasteiger partial charge in [-0.2, -0.15) is 9.56 Å². The maximum Gasteiger partial charge on any atom is 0.326 e. The molecule has 0 saturated carbocycles. The van der Waals surface area contributed by atoms with Gasteiger partial charge >= 0.3 is 11.2 Å². The highest BCUT2D eigenvalue weighted by Gasteiger charge is 2.32. The molecule has 2 heterocycles. The smallest absolute Gasteiger partial charge is 0.326 e. The Labute approximate surface area is 85.8 Å². The lowest BCUT2D eigenvalue weighted by atomic mass is 10.2. The number of fused-ring (bicyclic) bond motifs is 1. The average molecular weight is 209 g/mol. The van der Waals surface area contributed by atoms with E-state index in [1.165, 1.54) is 0 Å². The highest BCUT2D eigenvalue weighted by Crippen LogP contribution is 2.22. The first kappa shape index (κ1) is 9.66. The van der Waals surface area contributed by atoms with Crippen molar-refractivity contribution < 1.29 is 4.58 Å². The van der Waals surface area contributed by atoms with Crippen molar-refractivity contribution in [2.75, 3.05) is 24.1 Å². The van der Waals surface area contributed by atoms with Crippen LogP contribution in [-0.4, -0.2) is 40.4 Å².